The van der Waals surface area contributed by atoms with Crippen molar-refractivity contribution < 1.29 is 0 Å². The molecule has 1 aliphatic rings. The van der Waals surface area contributed by atoms with E-state index in [1.807, 2.05) is 42.0 Å². The van der Waals surface area contributed by atoms with Crippen molar-refractivity contribution in [3.63, 3.8) is 0 Å². The highest BCUT2D eigenvalue weighted by Crippen LogP contribution is 2.24. The lowest BCUT2D eigenvalue weighted by Gasteiger charge is -2.29. The first-order valence-electron chi connectivity index (χ1n) is 8.94. The molecule has 1 aromatic carbocycles. The van der Waals surface area contributed by atoms with Gasteiger partial charge in [-0.3, -0.25) is 0 Å². The molecular weight excluding hydrogens is 324 g/mol. The molecule has 0 saturated carbocycles. The molecule has 1 saturated heterocycles. The average molecular weight is 344 g/mol. The highest BCUT2D eigenvalue weighted by atomic mass is 15.2. The van der Waals surface area contributed by atoms with E-state index in [9.17, 15) is 0 Å². The molecule has 26 heavy (non-hydrogen) atoms. The smallest absolute Gasteiger partial charge is 0.161 e. The molecule has 0 bridgehead atoms. The van der Waals surface area contributed by atoms with Crippen LogP contribution in [0.4, 0.5) is 5.69 Å². The summed E-state index contributed by atoms with van der Waals surface area (Å²) in [6.07, 6.45) is 5.97. The Morgan fingerprint density at radius 1 is 1.00 bits per heavy atom. The third-order valence-corrected chi connectivity index (χ3v) is 4.88. The van der Waals surface area contributed by atoms with Gasteiger partial charge in [0.25, 0.3) is 0 Å². The first-order valence-corrected chi connectivity index (χ1v) is 8.94. The van der Waals surface area contributed by atoms with Crippen LogP contribution in [0.25, 0.3) is 27.9 Å². The fourth-order valence-corrected chi connectivity index (χ4v) is 3.53. The predicted octanol–water partition coefficient (Wildman–Crippen LogP) is 2.66. The number of aromatic nitrogens is 4. The number of hydrogen-bond acceptors (Lipinski definition) is 5. The van der Waals surface area contributed by atoms with Crippen LogP contribution in [-0.4, -0.2) is 45.5 Å². The minimum atomic E-state index is 0.737. The van der Waals surface area contributed by atoms with Gasteiger partial charge in [0, 0.05) is 61.4 Å². The Morgan fingerprint density at radius 3 is 2.77 bits per heavy atom. The van der Waals surface area contributed by atoms with E-state index < -0.39 is 0 Å². The lowest BCUT2D eigenvalue weighted by Crippen LogP contribution is -2.43. The fourth-order valence-electron chi connectivity index (χ4n) is 3.53. The summed E-state index contributed by atoms with van der Waals surface area (Å²) in [5, 5.41) is 4.46. The highest BCUT2D eigenvalue weighted by molar-refractivity contribution is 5.83. The van der Waals surface area contributed by atoms with Gasteiger partial charge >= 0.3 is 0 Å². The van der Waals surface area contributed by atoms with E-state index in [-0.39, 0.29) is 0 Å². The average Bonchev–Trinajstić information content (AvgIpc) is 3.07. The summed E-state index contributed by atoms with van der Waals surface area (Å²) in [5.74, 6) is 0.737. The Bertz CT molecular complexity index is 1090. The first kappa shape index (κ1) is 15.3. The quantitative estimate of drug-likeness (QED) is 0.606. The Kier molecular flexibility index (Phi) is 3.57. The van der Waals surface area contributed by atoms with E-state index in [4.69, 9.17) is 4.98 Å². The molecule has 0 spiro atoms. The monoisotopic (exact) mass is 344 g/mol. The molecule has 4 heterocycles. The van der Waals surface area contributed by atoms with Crippen molar-refractivity contribution in [1.82, 2.24) is 24.7 Å². The van der Waals surface area contributed by atoms with Crippen LogP contribution in [0.1, 0.15) is 5.69 Å². The lowest BCUT2D eigenvalue weighted by atomic mass is 10.2. The summed E-state index contributed by atoms with van der Waals surface area (Å²) in [7, 11) is 0. The molecule has 0 amide bonds. The standard InChI is InChI=1S/C20H20N6/c1-14-12-26-13-15(2-5-19(26)23-14)20-22-11-16-10-17(3-4-18(16)24-20)25-8-6-21-7-9-25/h2-5,10-13,21H,6-9H2,1H3. The van der Waals surface area contributed by atoms with Gasteiger partial charge in [0.05, 0.1) is 11.2 Å². The van der Waals surface area contributed by atoms with Crippen molar-refractivity contribution in [2.75, 3.05) is 31.1 Å². The maximum atomic E-state index is 4.77. The number of imidazole rings is 1. The van der Waals surface area contributed by atoms with Gasteiger partial charge < -0.3 is 14.6 Å². The molecule has 1 N–H and O–H groups in total. The zero-order valence-corrected chi connectivity index (χ0v) is 14.7. The van der Waals surface area contributed by atoms with Crippen LogP contribution in [0.5, 0.6) is 0 Å². The number of aryl methyl sites for hydroxylation is 1. The van der Waals surface area contributed by atoms with E-state index in [1.165, 1.54) is 5.69 Å². The van der Waals surface area contributed by atoms with E-state index in [2.05, 4.69) is 38.4 Å². The molecule has 130 valence electrons. The van der Waals surface area contributed by atoms with Gasteiger partial charge in [0.1, 0.15) is 5.65 Å². The van der Waals surface area contributed by atoms with Crippen molar-refractivity contribution >= 4 is 22.2 Å². The van der Waals surface area contributed by atoms with Crippen LogP contribution < -0.4 is 10.2 Å². The van der Waals surface area contributed by atoms with Crippen LogP contribution in [0, 0.1) is 6.92 Å². The summed E-state index contributed by atoms with van der Waals surface area (Å²) >= 11 is 0. The molecule has 0 atom stereocenters. The summed E-state index contributed by atoms with van der Waals surface area (Å²) in [4.78, 5) is 16.2. The number of benzene rings is 1. The fraction of sp³-hybridized carbons (Fsp3) is 0.250. The highest BCUT2D eigenvalue weighted by Gasteiger charge is 2.12. The molecule has 0 radical (unpaired) electrons. The maximum Gasteiger partial charge on any atom is 0.161 e. The first-order chi connectivity index (χ1) is 12.8. The molecule has 4 aromatic rings. The SMILES string of the molecule is Cc1cn2cc(-c3ncc4cc(N5CCNCC5)ccc4n3)ccc2n1. The number of rotatable bonds is 2. The maximum absolute atomic E-state index is 4.77. The zero-order chi connectivity index (χ0) is 17.5. The normalized spacial score (nSPS) is 15.0. The van der Waals surface area contributed by atoms with Crippen molar-refractivity contribution in [2.24, 2.45) is 0 Å². The number of piperazine rings is 1. The Labute approximate surface area is 151 Å². The Hall–Kier alpha value is -2.99. The molecule has 1 aliphatic heterocycles. The third-order valence-electron chi connectivity index (χ3n) is 4.88. The summed E-state index contributed by atoms with van der Waals surface area (Å²) < 4.78 is 2.02. The van der Waals surface area contributed by atoms with Crippen molar-refractivity contribution in [1.29, 1.82) is 0 Å². The minimum absolute atomic E-state index is 0.737. The second-order valence-electron chi connectivity index (χ2n) is 6.74. The number of nitrogens with zero attached hydrogens (tertiary/aromatic N) is 5. The molecular formula is C20H20N6. The van der Waals surface area contributed by atoms with Gasteiger partial charge in [-0.05, 0) is 37.3 Å². The van der Waals surface area contributed by atoms with Crippen molar-refractivity contribution in [3.8, 4) is 11.4 Å². The number of nitrogens with one attached hydrogen (secondary N) is 1. The van der Waals surface area contributed by atoms with Crippen LogP contribution >= 0.6 is 0 Å². The van der Waals surface area contributed by atoms with Gasteiger partial charge in [-0.2, -0.15) is 0 Å². The van der Waals surface area contributed by atoms with Crippen LogP contribution in [-0.2, 0) is 0 Å². The molecule has 0 aliphatic carbocycles. The van der Waals surface area contributed by atoms with E-state index in [0.717, 1.165) is 59.8 Å². The molecule has 1 fully saturated rings. The minimum Gasteiger partial charge on any atom is -0.369 e. The van der Waals surface area contributed by atoms with Gasteiger partial charge in [-0.25, -0.2) is 15.0 Å². The summed E-state index contributed by atoms with van der Waals surface area (Å²) in [6.45, 7) is 6.13. The van der Waals surface area contributed by atoms with E-state index >= 15 is 0 Å². The van der Waals surface area contributed by atoms with Crippen LogP contribution in [0.3, 0.4) is 0 Å². The number of pyridine rings is 1. The largest absolute Gasteiger partial charge is 0.369 e. The van der Waals surface area contributed by atoms with Gasteiger partial charge in [0.2, 0.25) is 0 Å². The van der Waals surface area contributed by atoms with Crippen molar-refractivity contribution in [2.45, 2.75) is 6.92 Å². The van der Waals surface area contributed by atoms with E-state index in [1.54, 1.807) is 0 Å². The number of fused-ring (bicyclic) bond motifs is 2. The van der Waals surface area contributed by atoms with Crippen molar-refractivity contribution in [3.05, 3.63) is 54.6 Å². The third kappa shape index (κ3) is 2.68. The molecule has 6 heteroatoms. The second-order valence-corrected chi connectivity index (χ2v) is 6.74. The molecule has 5 rings (SSSR count). The van der Waals surface area contributed by atoms with Gasteiger partial charge in [0.15, 0.2) is 5.82 Å². The molecule has 3 aromatic heterocycles. The van der Waals surface area contributed by atoms with Crippen LogP contribution in [0.2, 0.25) is 0 Å². The number of anilines is 1. The van der Waals surface area contributed by atoms with Gasteiger partial charge in [-0.1, -0.05) is 0 Å². The van der Waals surface area contributed by atoms with Gasteiger partial charge in [-0.15, -0.1) is 0 Å². The zero-order valence-electron chi connectivity index (χ0n) is 14.7. The Morgan fingerprint density at radius 2 is 1.88 bits per heavy atom. The molecule has 6 nitrogen and oxygen atoms in total. The topological polar surface area (TPSA) is 58.4 Å². The Balaban J connectivity index is 1.52. The predicted molar refractivity (Wildman–Crippen MR) is 104 cm³/mol. The molecule has 0 unspecified atom stereocenters. The van der Waals surface area contributed by atoms with E-state index in [0.29, 0.717) is 0 Å². The second kappa shape index (κ2) is 6.07. The summed E-state index contributed by atoms with van der Waals surface area (Å²) in [5.41, 5.74) is 5.14. The lowest BCUT2D eigenvalue weighted by molar-refractivity contribution is 0.589. The summed E-state index contributed by atoms with van der Waals surface area (Å²) in [6, 6.07) is 10.5. The van der Waals surface area contributed by atoms with Crippen LogP contribution in [0.15, 0.2) is 48.9 Å². The number of hydrogen-bond donors (Lipinski definition) is 1.